The fourth-order valence-corrected chi connectivity index (χ4v) is 5.04. The maximum atomic E-state index is 12.3. The minimum absolute atomic E-state index is 0.0886. The second kappa shape index (κ2) is 6.49. The van der Waals surface area contributed by atoms with E-state index >= 15 is 0 Å². The number of carbonyl (C=O) groups excluding carboxylic acids is 1. The van der Waals surface area contributed by atoms with Gasteiger partial charge in [-0.05, 0) is 31.0 Å². The third-order valence-electron chi connectivity index (χ3n) is 4.60. The first kappa shape index (κ1) is 16.3. The van der Waals surface area contributed by atoms with Gasteiger partial charge in [0.1, 0.15) is 0 Å². The van der Waals surface area contributed by atoms with Gasteiger partial charge in [-0.1, -0.05) is 12.1 Å². The van der Waals surface area contributed by atoms with Gasteiger partial charge < -0.3 is 10.2 Å². The number of sulfone groups is 1. The van der Waals surface area contributed by atoms with Crippen LogP contribution in [0.2, 0.25) is 0 Å². The Labute approximate surface area is 137 Å². The number of nitrogens with zero attached hydrogens (tertiary/aromatic N) is 2. The maximum absolute atomic E-state index is 12.3. The van der Waals surface area contributed by atoms with E-state index in [1.54, 1.807) is 4.90 Å². The summed E-state index contributed by atoms with van der Waals surface area (Å²) in [5, 5.41) is 2.92. The molecule has 2 aliphatic heterocycles. The van der Waals surface area contributed by atoms with Crippen LogP contribution < -0.4 is 5.32 Å². The van der Waals surface area contributed by atoms with E-state index in [-0.39, 0.29) is 17.8 Å². The maximum Gasteiger partial charge on any atom is 0.321 e. The lowest BCUT2D eigenvalue weighted by molar-refractivity contribution is 0.121. The monoisotopic (exact) mass is 337 g/mol. The number of aryl methyl sites for hydroxylation is 1. The van der Waals surface area contributed by atoms with E-state index in [0.717, 1.165) is 30.8 Å². The molecule has 0 bridgehead atoms. The Morgan fingerprint density at radius 2 is 1.96 bits per heavy atom. The smallest absolute Gasteiger partial charge is 0.321 e. The number of amides is 2. The van der Waals surface area contributed by atoms with Crippen LogP contribution in [0, 0.1) is 6.92 Å². The van der Waals surface area contributed by atoms with Crippen molar-refractivity contribution in [1.82, 2.24) is 9.80 Å². The highest BCUT2D eigenvalue weighted by Gasteiger charge is 2.34. The summed E-state index contributed by atoms with van der Waals surface area (Å²) in [4.78, 5) is 16.3. The molecule has 126 valence electrons. The SMILES string of the molecule is Cc1cccc(NC(=O)N2CCN(C3CCS(=O)(=O)C3)CC2)c1. The quantitative estimate of drug-likeness (QED) is 0.884. The number of carbonyl (C=O) groups is 1. The molecular formula is C16H23N3O3S. The average Bonchev–Trinajstić information content (AvgIpc) is 2.87. The number of nitrogens with one attached hydrogen (secondary N) is 1. The first-order valence-electron chi connectivity index (χ1n) is 8.00. The van der Waals surface area contributed by atoms with Gasteiger partial charge in [0, 0.05) is 37.9 Å². The molecule has 1 aromatic carbocycles. The Morgan fingerprint density at radius 1 is 1.22 bits per heavy atom. The topological polar surface area (TPSA) is 69.7 Å². The van der Waals surface area contributed by atoms with Crippen LogP contribution in [0.1, 0.15) is 12.0 Å². The van der Waals surface area contributed by atoms with E-state index in [0.29, 0.717) is 18.8 Å². The molecule has 2 heterocycles. The van der Waals surface area contributed by atoms with Gasteiger partial charge in [0.05, 0.1) is 11.5 Å². The molecule has 3 rings (SSSR count). The molecule has 1 atom stereocenters. The van der Waals surface area contributed by atoms with E-state index < -0.39 is 9.84 Å². The zero-order valence-corrected chi connectivity index (χ0v) is 14.2. The number of rotatable bonds is 2. The largest absolute Gasteiger partial charge is 0.322 e. The molecular weight excluding hydrogens is 314 g/mol. The van der Waals surface area contributed by atoms with Crippen molar-refractivity contribution in [3.05, 3.63) is 29.8 Å². The average molecular weight is 337 g/mol. The number of hydrogen-bond acceptors (Lipinski definition) is 4. The van der Waals surface area contributed by atoms with Crippen molar-refractivity contribution < 1.29 is 13.2 Å². The van der Waals surface area contributed by atoms with Gasteiger partial charge in [-0.25, -0.2) is 13.2 Å². The second-order valence-electron chi connectivity index (χ2n) is 6.38. The Hall–Kier alpha value is -1.60. The highest BCUT2D eigenvalue weighted by Crippen LogP contribution is 2.19. The molecule has 1 N–H and O–H groups in total. The molecule has 2 saturated heterocycles. The number of urea groups is 1. The minimum atomic E-state index is -2.85. The molecule has 23 heavy (non-hydrogen) atoms. The van der Waals surface area contributed by atoms with Crippen LogP contribution in [0.4, 0.5) is 10.5 Å². The van der Waals surface area contributed by atoms with Gasteiger partial charge in [-0.15, -0.1) is 0 Å². The molecule has 2 amide bonds. The Kier molecular flexibility index (Phi) is 4.59. The summed E-state index contributed by atoms with van der Waals surface area (Å²) < 4.78 is 23.2. The molecule has 0 aromatic heterocycles. The van der Waals surface area contributed by atoms with Crippen molar-refractivity contribution in [2.45, 2.75) is 19.4 Å². The molecule has 6 nitrogen and oxygen atoms in total. The Balaban J connectivity index is 1.51. The number of piperazine rings is 1. The summed E-state index contributed by atoms with van der Waals surface area (Å²) in [6, 6.07) is 7.77. The Morgan fingerprint density at radius 3 is 2.57 bits per heavy atom. The molecule has 0 aliphatic carbocycles. The van der Waals surface area contributed by atoms with E-state index in [1.807, 2.05) is 31.2 Å². The summed E-state index contributed by atoms with van der Waals surface area (Å²) >= 11 is 0. The van der Waals surface area contributed by atoms with E-state index in [9.17, 15) is 13.2 Å². The fourth-order valence-electron chi connectivity index (χ4n) is 3.28. The zero-order valence-electron chi connectivity index (χ0n) is 13.4. The lowest BCUT2D eigenvalue weighted by Crippen LogP contribution is -2.53. The third-order valence-corrected chi connectivity index (χ3v) is 6.35. The predicted molar refractivity (Wildman–Crippen MR) is 90.4 cm³/mol. The lowest BCUT2D eigenvalue weighted by Gasteiger charge is -2.37. The standard InChI is InChI=1S/C16H23N3O3S/c1-13-3-2-4-14(11-13)17-16(20)19-8-6-18(7-9-19)15-5-10-23(21,22)12-15/h2-4,11,15H,5-10,12H2,1H3,(H,17,20). The summed E-state index contributed by atoms with van der Waals surface area (Å²) in [6.45, 7) is 4.73. The number of benzene rings is 1. The van der Waals surface area contributed by atoms with Crippen molar-refractivity contribution in [2.24, 2.45) is 0 Å². The first-order chi connectivity index (χ1) is 10.9. The third kappa shape index (κ3) is 4.03. The van der Waals surface area contributed by atoms with Crippen LogP contribution in [0.25, 0.3) is 0 Å². The van der Waals surface area contributed by atoms with Crippen LogP contribution in [0.5, 0.6) is 0 Å². The van der Waals surface area contributed by atoms with E-state index in [4.69, 9.17) is 0 Å². The van der Waals surface area contributed by atoms with Gasteiger partial charge in [-0.2, -0.15) is 0 Å². The normalized spacial score (nSPS) is 24.6. The Bertz CT molecular complexity index is 682. The zero-order chi connectivity index (χ0) is 16.4. The van der Waals surface area contributed by atoms with Crippen LogP contribution in [0.3, 0.4) is 0 Å². The van der Waals surface area contributed by atoms with Crippen LogP contribution >= 0.6 is 0 Å². The van der Waals surface area contributed by atoms with Gasteiger partial charge >= 0.3 is 6.03 Å². The summed E-state index contributed by atoms with van der Waals surface area (Å²) in [5.74, 6) is 0.564. The summed E-state index contributed by atoms with van der Waals surface area (Å²) in [6.07, 6.45) is 0.720. The number of hydrogen-bond donors (Lipinski definition) is 1. The van der Waals surface area contributed by atoms with Gasteiger partial charge in [0.2, 0.25) is 0 Å². The molecule has 7 heteroatoms. The van der Waals surface area contributed by atoms with Crippen molar-refractivity contribution in [2.75, 3.05) is 43.0 Å². The fraction of sp³-hybridized carbons (Fsp3) is 0.562. The predicted octanol–water partition coefficient (Wildman–Crippen LogP) is 1.33. The van der Waals surface area contributed by atoms with Crippen molar-refractivity contribution >= 4 is 21.6 Å². The van der Waals surface area contributed by atoms with Crippen LogP contribution in [-0.2, 0) is 9.84 Å². The van der Waals surface area contributed by atoms with Crippen LogP contribution in [-0.4, -0.2) is 68.0 Å². The summed E-state index contributed by atoms with van der Waals surface area (Å²) in [5.41, 5.74) is 1.91. The molecule has 2 aliphatic rings. The summed E-state index contributed by atoms with van der Waals surface area (Å²) in [7, 11) is -2.85. The second-order valence-corrected chi connectivity index (χ2v) is 8.61. The minimum Gasteiger partial charge on any atom is -0.322 e. The highest BCUT2D eigenvalue weighted by atomic mass is 32.2. The molecule has 2 fully saturated rings. The van der Waals surface area contributed by atoms with E-state index in [1.165, 1.54) is 0 Å². The molecule has 1 aromatic rings. The van der Waals surface area contributed by atoms with E-state index in [2.05, 4.69) is 10.2 Å². The molecule has 0 spiro atoms. The van der Waals surface area contributed by atoms with Crippen molar-refractivity contribution in [1.29, 1.82) is 0 Å². The number of anilines is 1. The lowest BCUT2D eigenvalue weighted by atomic mass is 10.2. The molecule has 1 unspecified atom stereocenters. The van der Waals surface area contributed by atoms with Gasteiger partial charge in [0.25, 0.3) is 0 Å². The molecule has 0 radical (unpaired) electrons. The van der Waals surface area contributed by atoms with Gasteiger partial charge in [0.15, 0.2) is 9.84 Å². The first-order valence-corrected chi connectivity index (χ1v) is 9.82. The molecule has 0 saturated carbocycles. The van der Waals surface area contributed by atoms with Crippen LogP contribution in [0.15, 0.2) is 24.3 Å². The van der Waals surface area contributed by atoms with Crippen molar-refractivity contribution in [3.8, 4) is 0 Å². The van der Waals surface area contributed by atoms with Gasteiger partial charge in [-0.3, -0.25) is 4.90 Å². The highest BCUT2D eigenvalue weighted by molar-refractivity contribution is 7.91. The van der Waals surface area contributed by atoms with Crippen molar-refractivity contribution in [3.63, 3.8) is 0 Å².